The van der Waals surface area contributed by atoms with Crippen molar-refractivity contribution in [1.29, 1.82) is 0 Å². The number of hydrogen-bond donors (Lipinski definition) is 0. The predicted octanol–water partition coefficient (Wildman–Crippen LogP) is 3.62. The van der Waals surface area contributed by atoms with Gasteiger partial charge in [0.05, 0.1) is 7.11 Å². The summed E-state index contributed by atoms with van der Waals surface area (Å²) in [6, 6.07) is 16.8. The lowest BCUT2D eigenvalue weighted by atomic mass is 10.1. The van der Waals surface area contributed by atoms with Crippen molar-refractivity contribution in [1.82, 2.24) is 9.80 Å². The Morgan fingerprint density at radius 1 is 0.926 bits per heavy atom. The van der Waals surface area contributed by atoms with E-state index in [9.17, 15) is 0 Å². The fourth-order valence-electron chi connectivity index (χ4n) is 3.42. The highest BCUT2D eigenvalue weighted by Gasteiger charge is 2.17. The lowest BCUT2D eigenvalue weighted by molar-refractivity contribution is 0.112. The summed E-state index contributed by atoms with van der Waals surface area (Å²) in [6.45, 7) is 10.8. The van der Waals surface area contributed by atoms with Gasteiger partial charge in [-0.1, -0.05) is 42.5 Å². The van der Waals surface area contributed by atoms with E-state index in [1.54, 1.807) is 7.11 Å². The molecule has 1 aliphatic heterocycles. The molecular weight excluding hydrogens is 336 g/mol. The Balaban J connectivity index is 1.41. The second-order valence-corrected chi connectivity index (χ2v) is 6.93. The molecule has 1 heterocycles. The van der Waals surface area contributed by atoms with E-state index < -0.39 is 0 Å². The van der Waals surface area contributed by atoms with E-state index in [-0.39, 0.29) is 0 Å². The van der Waals surface area contributed by atoms with Crippen LogP contribution in [0.25, 0.3) is 0 Å². The molecule has 2 aromatic carbocycles. The Morgan fingerprint density at radius 3 is 2.37 bits per heavy atom. The maximum absolute atomic E-state index is 5.98. The van der Waals surface area contributed by atoms with Crippen LogP contribution >= 0.6 is 0 Å². The van der Waals surface area contributed by atoms with E-state index in [1.165, 1.54) is 11.1 Å². The predicted molar refractivity (Wildman–Crippen MR) is 111 cm³/mol. The summed E-state index contributed by atoms with van der Waals surface area (Å²) in [6.07, 6.45) is 2.73. The summed E-state index contributed by atoms with van der Waals surface area (Å²) in [7, 11) is 1.69. The average molecular weight is 367 g/mol. The minimum atomic E-state index is 0.676. The Kier molecular flexibility index (Phi) is 7.31. The van der Waals surface area contributed by atoms with Gasteiger partial charge in [-0.05, 0) is 29.7 Å². The van der Waals surface area contributed by atoms with Crippen molar-refractivity contribution in [2.45, 2.75) is 13.0 Å². The fourth-order valence-corrected chi connectivity index (χ4v) is 3.42. The molecule has 0 spiro atoms. The standard InChI is InChI=1S/C23H30N2O2/c1-3-7-20-10-11-22(23(18-20)26-2)27-17-16-24-12-14-25(15-13-24)19-21-8-5-4-6-9-21/h3-6,8-11,18H,1,7,12-17,19H2,2H3. The van der Waals surface area contributed by atoms with Crippen LogP contribution in [0, 0.1) is 0 Å². The fraction of sp³-hybridized carbons (Fsp3) is 0.391. The maximum atomic E-state index is 5.98. The van der Waals surface area contributed by atoms with E-state index >= 15 is 0 Å². The van der Waals surface area contributed by atoms with Crippen molar-refractivity contribution < 1.29 is 9.47 Å². The van der Waals surface area contributed by atoms with Gasteiger partial charge in [0, 0.05) is 39.3 Å². The quantitative estimate of drug-likeness (QED) is 0.633. The van der Waals surface area contributed by atoms with Gasteiger partial charge in [0.2, 0.25) is 0 Å². The van der Waals surface area contributed by atoms with E-state index in [2.05, 4.69) is 52.8 Å². The second-order valence-electron chi connectivity index (χ2n) is 6.93. The van der Waals surface area contributed by atoms with Crippen molar-refractivity contribution in [3.05, 3.63) is 72.3 Å². The summed E-state index contributed by atoms with van der Waals surface area (Å²) in [5, 5.41) is 0. The zero-order valence-corrected chi connectivity index (χ0v) is 16.3. The lowest BCUT2D eigenvalue weighted by Gasteiger charge is -2.34. The third-order valence-corrected chi connectivity index (χ3v) is 4.99. The van der Waals surface area contributed by atoms with Crippen molar-refractivity contribution in [3.8, 4) is 11.5 Å². The molecule has 0 amide bonds. The minimum Gasteiger partial charge on any atom is -0.493 e. The zero-order valence-electron chi connectivity index (χ0n) is 16.3. The summed E-state index contributed by atoms with van der Waals surface area (Å²) >= 11 is 0. The number of benzene rings is 2. The number of methoxy groups -OCH3 is 1. The van der Waals surface area contributed by atoms with Crippen molar-refractivity contribution in [2.75, 3.05) is 46.4 Å². The molecule has 27 heavy (non-hydrogen) atoms. The van der Waals surface area contributed by atoms with Gasteiger partial charge in [-0.2, -0.15) is 0 Å². The molecule has 2 aromatic rings. The number of hydrogen-bond acceptors (Lipinski definition) is 4. The Labute approximate surface area is 163 Å². The molecule has 0 aromatic heterocycles. The van der Waals surface area contributed by atoms with Gasteiger partial charge in [0.25, 0.3) is 0 Å². The first-order valence-corrected chi connectivity index (χ1v) is 9.67. The molecule has 4 heteroatoms. The van der Waals surface area contributed by atoms with Crippen LogP contribution in [0.2, 0.25) is 0 Å². The van der Waals surface area contributed by atoms with Crippen molar-refractivity contribution in [2.24, 2.45) is 0 Å². The molecule has 144 valence electrons. The number of rotatable bonds is 9. The molecule has 1 saturated heterocycles. The molecule has 1 aliphatic rings. The third-order valence-electron chi connectivity index (χ3n) is 4.99. The highest BCUT2D eigenvalue weighted by Crippen LogP contribution is 2.28. The van der Waals surface area contributed by atoms with Crippen LogP contribution in [0.4, 0.5) is 0 Å². The molecular formula is C23H30N2O2. The largest absolute Gasteiger partial charge is 0.493 e. The molecule has 4 nitrogen and oxygen atoms in total. The van der Waals surface area contributed by atoms with Crippen molar-refractivity contribution in [3.63, 3.8) is 0 Å². The molecule has 0 unspecified atom stereocenters. The van der Waals surface area contributed by atoms with Crippen molar-refractivity contribution >= 4 is 0 Å². The second kappa shape index (κ2) is 10.1. The van der Waals surface area contributed by atoms with Crippen LogP contribution in [0.1, 0.15) is 11.1 Å². The number of ether oxygens (including phenoxy) is 2. The SMILES string of the molecule is C=CCc1ccc(OCCN2CCN(Cc3ccccc3)CC2)c(OC)c1. The molecule has 0 N–H and O–H groups in total. The highest BCUT2D eigenvalue weighted by molar-refractivity contribution is 5.43. The summed E-state index contributed by atoms with van der Waals surface area (Å²) in [4.78, 5) is 4.99. The highest BCUT2D eigenvalue weighted by atomic mass is 16.5. The topological polar surface area (TPSA) is 24.9 Å². The van der Waals surface area contributed by atoms with Crippen LogP contribution in [-0.2, 0) is 13.0 Å². The molecule has 0 radical (unpaired) electrons. The van der Waals surface area contributed by atoms with Gasteiger partial charge in [-0.15, -0.1) is 6.58 Å². The molecule has 0 atom stereocenters. The Morgan fingerprint density at radius 2 is 1.67 bits per heavy atom. The van der Waals surface area contributed by atoms with Gasteiger partial charge in [-0.25, -0.2) is 0 Å². The van der Waals surface area contributed by atoms with Crippen LogP contribution in [-0.4, -0.2) is 56.2 Å². The van der Waals surface area contributed by atoms with Gasteiger partial charge < -0.3 is 9.47 Å². The van der Waals surface area contributed by atoms with Gasteiger partial charge in [-0.3, -0.25) is 9.80 Å². The monoisotopic (exact) mass is 366 g/mol. The Bertz CT molecular complexity index is 710. The molecule has 1 fully saturated rings. The van der Waals surface area contributed by atoms with E-state index in [4.69, 9.17) is 9.47 Å². The average Bonchev–Trinajstić information content (AvgIpc) is 2.71. The van der Waals surface area contributed by atoms with E-state index in [0.29, 0.717) is 6.61 Å². The molecule has 0 saturated carbocycles. The van der Waals surface area contributed by atoms with E-state index in [1.807, 2.05) is 18.2 Å². The molecule has 3 rings (SSSR count). The van der Waals surface area contributed by atoms with Crippen LogP contribution in [0.15, 0.2) is 61.2 Å². The number of piperazine rings is 1. The third kappa shape index (κ3) is 5.84. The van der Waals surface area contributed by atoms with Crippen LogP contribution < -0.4 is 9.47 Å². The lowest BCUT2D eigenvalue weighted by Crippen LogP contribution is -2.47. The summed E-state index contributed by atoms with van der Waals surface area (Å²) in [5.74, 6) is 1.61. The maximum Gasteiger partial charge on any atom is 0.161 e. The van der Waals surface area contributed by atoms with Gasteiger partial charge in [0.1, 0.15) is 6.61 Å². The molecule has 0 aliphatic carbocycles. The summed E-state index contributed by atoms with van der Waals surface area (Å²) < 4.78 is 11.4. The van der Waals surface area contributed by atoms with Crippen LogP contribution in [0.3, 0.4) is 0 Å². The number of nitrogens with zero attached hydrogens (tertiary/aromatic N) is 2. The minimum absolute atomic E-state index is 0.676. The first kappa shape index (κ1) is 19.5. The summed E-state index contributed by atoms with van der Waals surface area (Å²) in [5.41, 5.74) is 2.57. The smallest absolute Gasteiger partial charge is 0.161 e. The first-order valence-electron chi connectivity index (χ1n) is 9.67. The number of allylic oxidation sites excluding steroid dienone is 1. The first-order chi connectivity index (χ1) is 13.3. The van der Waals surface area contributed by atoms with Crippen LogP contribution in [0.5, 0.6) is 11.5 Å². The van der Waals surface area contributed by atoms with Gasteiger partial charge >= 0.3 is 0 Å². The molecule has 0 bridgehead atoms. The normalized spacial score (nSPS) is 15.4. The van der Waals surface area contributed by atoms with Gasteiger partial charge in [0.15, 0.2) is 11.5 Å². The Hall–Kier alpha value is -2.30. The van der Waals surface area contributed by atoms with E-state index in [0.717, 1.165) is 57.2 Å². The zero-order chi connectivity index (χ0) is 18.9.